The molecule has 2 aliphatic heterocycles. The summed E-state index contributed by atoms with van der Waals surface area (Å²) in [4.78, 5) is 12.6. The van der Waals surface area contributed by atoms with Crippen molar-refractivity contribution < 1.29 is 9.66 Å². The number of ether oxygens (including phenoxy) is 1. The summed E-state index contributed by atoms with van der Waals surface area (Å²) in [5.41, 5.74) is 1.05. The zero-order valence-electron chi connectivity index (χ0n) is 13.6. The largest absolute Gasteiger partial charge is 0.377 e. The Morgan fingerprint density at radius 3 is 2.62 bits per heavy atom. The normalized spacial score (nSPS) is 24.9. The number of rotatable bonds is 5. The first-order chi connectivity index (χ1) is 11.7. The van der Waals surface area contributed by atoms with Gasteiger partial charge in [0.2, 0.25) is 0 Å². The molecule has 0 spiro atoms. The Labute approximate surface area is 141 Å². The van der Waals surface area contributed by atoms with Crippen LogP contribution in [0.5, 0.6) is 0 Å². The van der Waals surface area contributed by atoms with Crippen molar-refractivity contribution in [2.45, 2.75) is 31.6 Å². The molecule has 0 aromatic heterocycles. The van der Waals surface area contributed by atoms with Gasteiger partial charge in [-0.1, -0.05) is 6.08 Å². The molecule has 6 nitrogen and oxygen atoms in total. The molecule has 128 valence electrons. The van der Waals surface area contributed by atoms with Gasteiger partial charge in [-0.25, -0.2) is 0 Å². The zero-order chi connectivity index (χ0) is 16.8. The maximum absolute atomic E-state index is 10.7. The minimum absolute atomic E-state index is 0.0773. The first kappa shape index (κ1) is 16.7. The number of piperidine rings is 1. The van der Waals surface area contributed by atoms with Gasteiger partial charge in [-0.3, -0.25) is 15.4 Å². The summed E-state index contributed by atoms with van der Waals surface area (Å²) in [6, 6.07) is 6.55. The van der Waals surface area contributed by atoms with E-state index >= 15 is 0 Å². The summed E-state index contributed by atoms with van der Waals surface area (Å²) in [5, 5.41) is 14.0. The average Bonchev–Trinajstić information content (AvgIpc) is 3.09. The number of benzene rings is 1. The fourth-order valence-corrected chi connectivity index (χ4v) is 3.02. The van der Waals surface area contributed by atoms with E-state index in [1.54, 1.807) is 12.1 Å². The van der Waals surface area contributed by atoms with Gasteiger partial charge in [0.1, 0.15) is 6.23 Å². The molecule has 1 N–H and O–H groups in total. The Bertz CT molecular complexity index is 606. The molecular formula is C18H23N3O3. The SMILES string of the molecule is O=[N+]([O-])c1ccc(C2CNC(/C=C\C=C\N3CCCCC3)O2)cc1. The number of likely N-dealkylation sites (tertiary alicyclic amines) is 1. The number of allylic oxidation sites excluding steroid dienone is 2. The number of nitro benzene ring substituents is 1. The van der Waals surface area contributed by atoms with E-state index in [2.05, 4.69) is 22.5 Å². The maximum atomic E-state index is 10.7. The van der Waals surface area contributed by atoms with Crippen LogP contribution >= 0.6 is 0 Å². The Balaban J connectivity index is 1.48. The molecule has 2 atom stereocenters. The molecule has 2 fully saturated rings. The molecule has 6 heteroatoms. The monoisotopic (exact) mass is 329 g/mol. The lowest BCUT2D eigenvalue weighted by Gasteiger charge is -2.24. The molecule has 2 unspecified atom stereocenters. The van der Waals surface area contributed by atoms with Crippen LogP contribution in [0.2, 0.25) is 0 Å². The summed E-state index contributed by atoms with van der Waals surface area (Å²) in [6.07, 6.45) is 11.9. The van der Waals surface area contributed by atoms with Crippen molar-refractivity contribution in [2.75, 3.05) is 19.6 Å². The summed E-state index contributed by atoms with van der Waals surface area (Å²) < 4.78 is 5.92. The third-order valence-corrected chi connectivity index (χ3v) is 4.38. The van der Waals surface area contributed by atoms with Crippen LogP contribution in [0.1, 0.15) is 30.9 Å². The molecule has 3 rings (SSSR count). The van der Waals surface area contributed by atoms with E-state index in [4.69, 9.17) is 4.74 Å². The molecule has 0 amide bonds. The Kier molecular flexibility index (Phi) is 5.61. The van der Waals surface area contributed by atoms with E-state index in [1.807, 2.05) is 12.2 Å². The molecule has 0 radical (unpaired) electrons. The molecule has 2 aliphatic rings. The minimum atomic E-state index is -0.391. The van der Waals surface area contributed by atoms with Crippen molar-refractivity contribution in [2.24, 2.45) is 0 Å². The van der Waals surface area contributed by atoms with E-state index < -0.39 is 4.92 Å². The summed E-state index contributed by atoms with van der Waals surface area (Å²) in [7, 11) is 0. The van der Waals surface area contributed by atoms with Crippen molar-refractivity contribution in [3.63, 3.8) is 0 Å². The number of nitrogens with one attached hydrogen (secondary N) is 1. The summed E-state index contributed by atoms with van der Waals surface area (Å²) in [5.74, 6) is 0. The lowest BCUT2D eigenvalue weighted by atomic mass is 10.1. The van der Waals surface area contributed by atoms with Crippen LogP contribution in [-0.4, -0.2) is 35.7 Å². The predicted octanol–water partition coefficient (Wildman–Crippen LogP) is 3.14. The van der Waals surface area contributed by atoms with E-state index in [-0.39, 0.29) is 18.0 Å². The van der Waals surface area contributed by atoms with Crippen molar-refractivity contribution in [1.82, 2.24) is 10.2 Å². The minimum Gasteiger partial charge on any atom is -0.377 e. The van der Waals surface area contributed by atoms with Crippen LogP contribution in [0.25, 0.3) is 0 Å². The smallest absolute Gasteiger partial charge is 0.269 e. The molecule has 2 heterocycles. The fraction of sp³-hybridized carbons (Fsp3) is 0.444. The Hall–Kier alpha value is -2.18. The van der Waals surface area contributed by atoms with Crippen molar-refractivity contribution in [1.29, 1.82) is 0 Å². The second-order valence-electron chi connectivity index (χ2n) is 6.13. The lowest BCUT2D eigenvalue weighted by Crippen LogP contribution is -2.24. The number of nitro groups is 1. The Morgan fingerprint density at radius 1 is 1.17 bits per heavy atom. The van der Waals surface area contributed by atoms with Crippen LogP contribution in [0.4, 0.5) is 5.69 Å². The number of hydrogen-bond donors (Lipinski definition) is 1. The van der Waals surface area contributed by atoms with Gasteiger partial charge < -0.3 is 9.64 Å². The highest BCUT2D eigenvalue weighted by Crippen LogP contribution is 2.25. The topological polar surface area (TPSA) is 67.6 Å². The van der Waals surface area contributed by atoms with Crippen LogP contribution in [0.15, 0.2) is 48.7 Å². The first-order valence-electron chi connectivity index (χ1n) is 8.44. The Morgan fingerprint density at radius 2 is 1.92 bits per heavy atom. The van der Waals surface area contributed by atoms with E-state index in [0.717, 1.165) is 18.7 Å². The lowest BCUT2D eigenvalue weighted by molar-refractivity contribution is -0.384. The van der Waals surface area contributed by atoms with Crippen LogP contribution < -0.4 is 5.32 Å². The number of nitrogens with zero attached hydrogens (tertiary/aromatic N) is 2. The van der Waals surface area contributed by atoms with Crippen molar-refractivity contribution in [3.05, 3.63) is 64.4 Å². The average molecular weight is 329 g/mol. The van der Waals surface area contributed by atoms with Crippen LogP contribution in [-0.2, 0) is 4.74 Å². The van der Waals surface area contributed by atoms with Gasteiger partial charge in [0.15, 0.2) is 0 Å². The van der Waals surface area contributed by atoms with Gasteiger partial charge in [0.05, 0.1) is 11.0 Å². The van der Waals surface area contributed by atoms with Gasteiger partial charge in [0.25, 0.3) is 5.69 Å². The fourth-order valence-electron chi connectivity index (χ4n) is 3.02. The van der Waals surface area contributed by atoms with E-state index in [1.165, 1.54) is 31.4 Å². The molecule has 1 aromatic carbocycles. The van der Waals surface area contributed by atoms with Gasteiger partial charge in [-0.15, -0.1) is 0 Å². The molecule has 2 saturated heterocycles. The number of non-ortho nitro benzene ring substituents is 1. The summed E-state index contributed by atoms with van der Waals surface area (Å²) in [6.45, 7) is 2.98. The summed E-state index contributed by atoms with van der Waals surface area (Å²) >= 11 is 0. The molecule has 0 saturated carbocycles. The van der Waals surface area contributed by atoms with Crippen LogP contribution in [0, 0.1) is 10.1 Å². The van der Waals surface area contributed by atoms with Crippen LogP contribution in [0.3, 0.4) is 0 Å². The van der Waals surface area contributed by atoms with Gasteiger partial charge in [-0.2, -0.15) is 0 Å². The predicted molar refractivity (Wildman–Crippen MR) is 92.4 cm³/mol. The zero-order valence-corrected chi connectivity index (χ0v) is 13.6. The van der Waals surface area contributed by atoms with Crippen molar-refractivity contribution in [3.8, 4) is 0 Å². The molecular weight excluding hydrogens is 306 g/mol. The highest BCUT2D eigenvalue weighted by Gasteiger charge is 2.24. The molecule has 24 heavy (non-hydrogen) atoms. The third kappa shape index (κ3) is 4.43. The molecule has 0 bridgehead atoms. The van der Waals surface area contributed by atoms with E-state index in [9.17, 15) is 10.1 Å². The second kappa shape index (κ2) is 8.08. The highest BCUT2D eigenvalue weighted by molar-refractivity contribution is 5.34. The van der Waals surface area contributed by atoms with Crippen molar-refractivity contribution >= 4 is 5.69 Å². The van der Waals surface area contributed by atoms with Gasteiger partial charge in [-0.05, 0) is 55.3 Å². The highest BCUT2D eigenvalue weighted by atomic mass is 16.6. The maximum Gasteiger partial charge on any atom is 0.269 e. The third-order valence-electron chi connectivity index (χ3n) is 4.38. The quantitative estimate of drug-likeness (QED) is 0.511. The first-order valence-corrected chi connectivity index (χ1v) is 8.44. The van der Waals surface area contributed by atoms with Gasteiger partial charge >= 0.3 is 0 Å². The standard InChI is InChI=1S/C18H23N3O3/c22-21(23)16-9-7-15(8-10-16)17-14-19-18(24-17)6-2-5-13-20-11-3-1-4-12-20/h2,5-10,13,17-19H,1,3-4,11-12,14H2/b6-2-,13-5+. The van der Waals surface area contributed by atoms with E-state index in [0.29, 0.717) is 6.54 Å². The number of hydrogen-bond acceptors (Lipinski definition) is 5. The second-order valence-corrected chi connectivity index (χ2v) is 6.13. The molecule has 0 aliphatic carbocycles. The molecule has 1 aromatic rings. The van der Waals surface area contributed by atoms with Gasteiger partial charge in [0, 0.05) is 31.8 Å².